The maximum atomic E-state index is 14.0. The van der Waals surface area contributed by atoms with Crippen molar-refractivity contribution < 1.29 is 14.3 Å². The van der Waals surface area contributed by atoms with Crippen molar-refractivity contribution in [1.29, 1.82) is 0 Å². The third-order valence-electron chi connectivity index (χ3n) is 8.54. The predicted molar refractivity (Wildman–Crippen MR) is 122 cm³/mol. The van der Waals surface area contributed by atoms with E-state index in [4.69, 9.17) is 19.4 Å². The molecule has 2 unspecified atom stereocenters. The van der Waals surface area contributed by atoms with Crippen LogP contribution >= 0.6 is 0 Å². The minimum absolute atomic E-state index is 0.00335. The highest BCUT2D eigenvalue weighted by Gasteiger charge is 2.73. The van der Waals surface area contributed by atoms with E-state index in [9.17, 15) is 4.79 Å². The number of anilines is 1. The number of ether oxygens (including phenoxy) is 2. The van der Waals surface area contributed by atoms with Crippen LogP contribution in [-0.2, 0) is 22.0 Å². The van der Waals surface area contributed by atoms with Gasteiger partial charge >= 0.3 is 0 Å². The molecule has 0 saturated heterocycles. The van der Waals surface area contributed by atoms with Crippen molar-refractivity contribution in [3.63, 3.8) is 0 Å². The van der Waals surface area contributed by atoms with Gasteiger partial charge in [-0.2, -0.15) is 0 Å². The van der Waals surface area contributed by atoms with Gasteiger partial charge in [0.25, 0.3) is 0 Å². The van der Waals surface area contributed by atoms with Gasteiger partial charge in [0.1, 0.15) is 0 Å². The SMILES string of the molecule is CCc1ccc(NC(=O)C23CCC(C)(c4nc5cc6c(cc5nc42)OCO6)C3(C)C)cc1. The van der Waals surface area contributed by atoms with Gasteiger partial charge in [-0.15, -0.1) is 0 Å². The Morgan fingerprint density at radius 2 is 1.59 bits per heavy atom. The molecule has 1 amide bonds. The molecule has 2 aromatic carbocycles. The zero-order chi connectivity index (χ0) is 22.3. The molecule has 6 rings (SSSR count). The van der Waals surface area contributed by atoms with Gasteiger partial charge in [0.2, 0.25) is 12.7 Å². The second kappa shape index (κ2) is 6.21. The molecule has 1 aliphatic heterocycles. The molecule has 0 radical (unpaired) electrons. The molecule has 3 aromatic rings. The van der Waals surface area contributed by atoms with E-state index in [1.807, 2.05) is 24.3 Å². The van der Waals surface area contributed by atoms with Crippen LogP contribution < -0.4 is 14.8 Å². The molecule has 6 nitrogen and oxygen atoms in total. The van der Waals surface area contributed by atoms with E-state index in [0.29, 0.717) is 11.5 Å². The molecule has 0 spiro atoms. The number of nitrogens with zero attached hydrogens (tertiary/aromatic N) is 2. The fourth-order valence-electron chi connectivity index (χ4n) is 6.06. The van der Waals surface area contributed by atoms with Crippen molar-refractivity contribution in [1.82, 2.24) is 9.97 Å². The van der Waals surface area contributed by atoms with E-state index in [-0.39, 0.29) is 23.5 Å². The molecule has 2 bridgehead atoms. The highest BCUT2D eigenvalue weighted by Crippen LogP contribution is 2.70. The normalized spacial score (nSPS) is 26.4. The average molecular weight is 430 g/mol. The minimum atomic E-state index is -0.738. The molecule has 1 aromatic heterocycles. The number of aromatic nitrogens is 2. The maximum absolute atomic E-state index is 14.0. The number of fused-ring (bicyclic) bond motifs is 7. The summed E-state index contributed by atoms with van der Waals surface area (Å²) >= 11 is 0. The van der Waals surface area contributed by atoms with Crippen LogP contribution in [0.1, 0.15) is 57.5 Å². The Bertz CT molecular complexity index is 1280. The van der Waals surface area contributed by atoms with Crippen LogP contribution in [0, 0.1) is 5.41 Å². The first kappa shape index (κ1) is 19.5. The summed E-state index contributed by atoms with van der Waals surface area (Å²) in [6.07, 6.45) is 2.63. The minimum Gasteiger partial charge on any atom is -0.454 e. The van der Waals surface area contributed by atoms with Crippen LogP contribution in [-0.4, -0.2) is 22.7 Å². The average Bonchev–Trinajstić information content (AvgIpc) is 3.36. The van der Waals surface area contributed by atoms with E-state index in [1.165, 1.54) is 5.56 Å². The van der Waals surface area contributed by atoms with Gasteiger partial charge in [0, 0.05) is 23.2 Å². The molecule has 2 aliphatic carbocycles. The molecular formula is C26H27N3O3. The van der Waals surface area contributed by atoms with E-state index >= 15 is 0 Å². The number of carbonyl (C=O) groups is 1. The first-order chi connectivity index (χ1) is 15.3. The molecular weight excluding hydrogens is 402 g/mol. The van der Waals surface area contributed by atoms with Gasteiger partial charge in [-0.1, -0.05) is 39.8 Å². The van der Waals surface area contributed by atoms with Crippen molar-refractivity contribution in [3.8, 4) is 11.5 Å². The monoisotopic (exact) mass is 429 g/mol. The molecule has 2 atom stereocenters. The lowest BCUT2D eigenvalue weighted by atomic mass is 9.63. The van der Waals surface area contributed by atoms with E-state index in [0.717, 1.165) is 47.4 Å². The third-order valence-corrected chi connectivity index (χ3v) is 8.54. The first-order valence-corrected chi connectivity index (χ1v) is 11.3. The fraction of sp³-hybridized carbons (Fsp3) is 0.423. The molecule has 1 saturated carbocycles. The van der Waals surface area contributed by atoms with Crippen molar-refractivity contribution in [2.24, 2.45) is 5.41 Å². The molecule has 6 heteroatoms. The fourth-order valence-corrected chi connectivity index (χ4v) is 6.06. The van der Waals surface area contributed by atoms with E-state index in [1.54, 1.807) is 0 Å². The van der Waals surface area contributed by atoms with Gasteiger partial charge in [-0.25, -0.2) is 9.97 Å². The number of rotatable bonds is 3. The van der Waals surface area contributed by atoms with Crippen molar-refractivity contribution in [2.45, 2.75) is 57.8 Å². The summed E-state index contributed by atoms with van der Waals surface area (Å²) in [5, 5.41) is 3.21. The molecule has 1 fully saturated rings. The van der Waals surface area contributed by atoms with Crippen molar-refractivity contribution in [3.05, 3.63) is 53.3 Å². The Kier molecular flexibility index (Phi) is 3.79. The highest BCUT2D eigenvalue weighted by atomic mass is 16.7. The Labute approximate surface area is 187 Å². The number of amides is 1. The summed E-state index contributed by atoms with van der Waals surface area (Å²) < 4.78 is 11.1. The molecule has 3 aliphatic rings. The second-order valence-electron chi connectivity index (χ2n) is 9.98. The zero-order valence-corrected chi connectivity index (χ0v) is 18.9. The van der Waals surface area contributed by atoms with Gasteiger partial charge in [-0.05, 0) is 42.4 Å². The van der Waals surface area contributed by atoms with Crippen LogP contribution in [0.25, 0.3) is 11.0 Å². The van der Waals surface area contributed by atoms with Gasteiger partial charge < -0.3 is 14.8 Å². The molecule has 2 heterocycles. The number of aryl methyl sites for hydroxylation is 1. The summed E-state index contributed by atoms with van der Waals surface area (Å²) in [4.78, 5) is 24.1. The maximum Gasteiger partial charge on any atom is 0.237 e. The van der Waals surface area contributed by atoms with Crippen LogP contribution in [0.3, 0.4) is 0 Å². The largest absolute Gasteiger partial charge is 0.454 e. The number of benzene rings is 2. The lowest BCUT2D eigenvalue weighted by Crippen LogP contribution is -2.48. The Hall–Kier alpha value is -3.15. The molecule has 164 valence electrons. The van der Waals surface area contributed by atoms with Crippen molar-refractivity contribution >= 4 is 22.6 Å². The number of nitrogens with one attached hydrogen (secondary N) is 1. The van der Waals surface area contributed by atoms with Crippen LogP contribution in [0.5, 0.6) is 11.5 Å². The highest BCUT2D eigenvalue weighted by molar-refractivity contribution is 6.02. The van der Waals surface area contributed by atoms with Crippen LogP contribution in [0.15, 0.2) is 36.4 Å². The smallest absolute Gasteiger partial charge is 0.237 e. The predicted octanol–water partition coefficient (Wildman–Crippen LogP) is 4.89. The van der Waals surface area contributed by atoms with Crippen LogP contribution in [0.4, 0.5) is 5.69 Å². The summed E-state index contributed by atoms with van der Waals surface area (Å²) in [6.45, 7) is 8.95. The summed E-state index contributed by atoms with van der Waals surface area (Å²) in [6, 6.07) is 11.9. The van der Waals surface area contributed by atoms with E-state index < -0.39 is 5.41 Å². The Balaban J connectivity index is 1.50. The standard InChI is InChI=1S/C26H27N3O3/c1-5-15-6-8-16(9-7-15)27-23(30)26-11-10-25(4,24(26,2)3)21-22(26)29-18-13-20-19(31-14-32-20)12-17(18)28-21/h6-9,12-13H,5,10-11,14H2,1-4H3,(H,27,30). The quantitative estimate of drug-likeness (QED) is 0.642. The lowest BCUT2D eigenvalue weighted by Gasteiger charge is -2.39. The van der Waals surface area contributed by atoms with Gasteiger partial charge in [0.15, 0.2) is 11.5 Å². The topological polar surface area (TPSA) is 73.3 Å². The third kappa shape index (κ3) is 2.22. The van der Waals surface area contributed by atoms with Crippen molar-refractivity contribution in [2.75, 3.05) is 12.1 Å². The van der Waals surface area contributed by atoms with Gasteiger partial charge in [0.05, 0.1) is 27.8 Å². The Morgan fingerprint density at radius 1 is 0.969 bits per heavy atom. The zero-order valence-electron chi connectivity index (χ0n) is 18.9. The first-order valence-electron chi connectivity index (χ1n) is 11.3. The van der Waals surface area contributed by atoms with Gasteiger partial charge in [-0.3, -0.25) is 4.79 Å². The molecule has 32 heavy (non-hydrogen) atoms. The molecule has 1 N–H and O–H groups in total. The van der Waals surface area contributed by atoms with Crippen LogP contribution in [0.2, 0.25) is 0 Å². The lowest BCUT2D eigenvalue weighted by molar-refractivity contribution is -0.125. The Morgan fingerprint density at radius 3 is 2.22 bits per heavy atom. The number of carbonyl (C=O) groups excluding carboxylic acids is 1. The number of hydrogen-bond donors (Lipinski definition) is 1. The summed E-state index contributed by atoms with van der Waals surface area (Å²) in [7, 11) is 0. The number of hydrogen-bond acceptors (Lipinski definition) is 5. The van der Waals surface area contributed by atoms with E-state index in [2.05, 4.69) is 45.1 Å². The summed E-state index contributed by atoms with van der Waals surface area (Å²) in [5.74, 6) is 1.38. The second-order valence-corrected chi connectivity index (χ2v) is 9.98. The summed E-state index contributed by atoms with van der Waals surface area (Å²) in [5.41, 5.74) is 4.03.